The van der Waals surface area contributed by atoms with Crippen LogP contribution in [0.2, 0.25) is 5.02 Å². The first-order valence-corrected chi connectivity index (χ1v) is 12.9. The fourth-order valence-electron chi connectivity index (χ4n) is 4.46. The van der Waals surface area contributed by atoms with Gasteiger partial charge < -0.3 is 19.9 Å². The van der Waals surface area contributed by atoms with Crippen LogP contribution in [0.1, 0.15) is 47.5 Å². The van der Waals surface area contributed by atoms with Crippen LogP contribution in [0.4, 0.5) is 18.0 Å². The number of benzene rings is 1. The summed E-state index contributed by atoms with van der Waals surface area (Å²) in [6, 6.07) is 1.00. The number of likely N-dealkylation sites (tertiary alicyclic amines) is 1. The van der Waals surface area contributed by atoms with Crippen molar-refractivity contribution < 1.29 is 37.3 Å². The molecule has 0 radical (unpaired) electrons. The molecule has 2 aliphatic heterocycles. The Hall–Kier alpha value is -3.16. The molecule has 2 N–H and O–H groups in total. The van der Waals surface area contributed by atoms with E-state index in [4.69, 9.17) is 16.3 Å². The van der Waals surface area contributed by atoms with Crippen LogP contribution in [0, 0.1) is 5.82 Å². The average molecular weight is 571 g/mol. The number of aliphatic imine (C=N–C) groups is 1. The molecule has 14 heteroatoms. The maximum absolute atomic E-state index is 14.2. The third-order valence-corrected chi connectivity index (χ3v) is 7.62. The largest absolute Gasteiger partial charge is 0.513 e. The highest BCUT2D eigenvalue weighted by Gasteiger charge is 2.49. The van der Waals surface area contributed by atoms with Crippen LogP contribution in [0.25, 0.3) is 0 Å². The Bertz CT molecular complexity index is 1350. The van der Waals surface area contributed by atoms with Crippen LogP contribution in [0.15, 0.2) is 40.0 Å². The smallest absolute Gasteiger partial charge is 0.480 e. The van der Waals surface area contributed by atoms with Crippen molar-refractivity contribution in [2.75, 3.05) is 20.2 Å². The lowest BCUT2D eigenvalue weighted by atomic mass is 10.0. The predicted molar refractivity (Wildman–Crippen MR) is 131 cm³/mol. The van der Waals surface area contributed by atoms with Crippen LogP contribution in [-0.2, 0) is 14.3 Å². The molecule has 0 amide bonds. The third-order valence-electron chi connectivity index (χ3n) is 6.42. The van der Waals surface area contributed by atoms with Gasteiger partial charge in [-0.3, -0.25) is 9.69 Å². The number of hydrogen-bond donors (Lipinski definition) is 2. The highest BCUT2D eigenvalue weighted by molar-refractivity contribution is 7.11. The summed E-state index contributed by atoms with van der Waals surface area (Å²) in [6.45, 7) is -1.17. The summed E-state index contributed by atoms with van der Waals surface area (Å²) in [5.41, 5.74) is 1.26. The number of nitrogens with one attached hydrogen (secondary N) is 1. The minimum atomic E-state index is -3.23. The zero-order valence-corrected chi connectivity index (χ0v) is 21.5. The maximum Gasteiger partial charge on any atom is 0.513 e. The molecule has 1 aliphatic carbocycles. The molecule has 9 nitrogen and oxygen atoms in total. The van der Waals surface area contributed by atoms with Crippen molar-refractivity contribution in [2.45, 2.75) is 43.2 Å². The van der Waals surface area contributed by atoms with Crippen molar-refractivity contribution >= 4 is 40.9 Å². The summed E-state index contributed by atoms with van der Waals surface area (Å²) in [6.07, 6.45) is 0.0689. The van der Waals surface area contributed by atoms with E-state index in [1.165, 1.54) is 17.4 Å². The molecule has 2 atom stereocenters. The Balaban J connectivity index is 1.60. The van der Waals surface area contributed by atoms with Crippen molar-refractivity contribution in [3.63, 3.8) is 0 Å². The first-order valence-electron chi connectivity index (χ1n) is 11.6. The number of carboxylic acid groups (broad SMARTS) is 1. The number of alkyl halides is 2. The van der Waals surface area contributed by atoms with Crippen LogP contribution >= 0.6 is 22.9 Å². The molecular weight excluding hydrogens is 549 g/mol. The topological polar surface area (TPSA) is 113 Å². The molecule has 1 saturated heterocycles. The number of amidine groups is 1. The molecule has 1 aromatic carbocycles. The number of rotatable bonds is 7. The van der Waals surface area contributed by atoms with Crippen molar-refractivity contribution in [2.24, 2.45) is 4.99 Å². The number of thiazole rings is 1. The van der Waals surface area contributed by atoms with Gasteiger partial charge in [0.1, 0.15) is 17.9 Å². The number of ether oxygens (including phenoxy) is 2. The Morgan fingerprint density at radius 3 is 2.76 bits per heavy atom. The standard InChI is InChI=1S/C24H22ClF3N4O5S/c1-36-23(35)37-19-15(8-32-10-24(27,28)7-17(32)22(33)34)29-20(21-30-16(9-38-21)11-2-3-11)31-18(19)13-5-4-12(26)6-14(13)25/h4-6,9,11,17-18H,2-3,7-8,10H2,1H3,(H,29,31)(H,33,34)/t17-,18+/m0/s1. The Kier molecular flexibility index (Phi) is 7.09. The average Bonchev–Trinajstić information content (AvgIpc) is 3.49. The number of nitrogens with zero attached hydrogens (tertiary/aromatic N) is 3. The number of carbonyl (C=O) groups excluding carboxylic acids is 1. The van der Waals surface area contributed by atoms with Crippen molar-refractivity contribution in [1.82, 2.24) is 15.2 Å². The number of hydrogen-bond acceptors (Lipinski definition) is 9. The molecule has 0 bridgehead atoms. The summed E-state index contributed by atoms with van der Waals surface area (Å²) >= 11 is 7.66. The maximum atomic E-state index is 14.2. The van der Waals surface area contributed by atoms with Gasteiger partial charge in [-0.15, -0.1) is 11.3 Å². The molecular formula is C24H22ClF3N4O5S. The van der Waals surface area contributed by atoms with E-state index in [-0.39, 0.29) is 34.4 Å². The SMILES string of the molecule is COC(=O)OC1=C(CN2CC(F)(F)C[C@H]2C(=O)O)NC(c2nc(C3CC3)cs2)=N[C@@H]1c1ccc(F)cc1Cl. The highest BCUT2D eigenvalue weighted by atomic mass is 35.5. The minimum Gasteiger partial charge on any atom is -0.480 e. The van der Waals surface area contributed by atoms with Gasteiger partial charge in [0, 0.05) is 34.8 Å². The molecule has 5 rings (SSSR count). The minimum absolute atomic E-state index is 0.0146. The molecule has 2 aromatic rings. The van der Waals surface area contributed by atoms with Gasteiger partial charge in [-0.05, 0) is 25.0 Å². The first kappa shape index (κ1) is 26.4. The molecule has 3 heterocycles. The lowest BCUT2D eigenvalue weighted by Gasteiger charge is -2.30. The zero-order valence-electron chi connectivity index (χ0n) is 19.9. The molecule has 0 spiro atoms. The molecule has 1 saturated carbocycles. The van der Waals surface area contributed by atoms with Crippen LogP contribution in [0.5, 0.6) is 0 Å². The molecule has 38 heavy (non-hydrogen) atoms. The quantitative estimate of drug-likeness (QED) is 0.461. The monoisotopic (exact) mass is 570 g/mol. The lowest BCUT2D eigenvalue weighted by Crippen LogP contribution is -2.43. The van der Waals surface area contributed by atoms with E-state index in [1.807, 2.05) is 5.38 Å². The van der Waals surface area contributed by atoms with Crippen molar-refractivity contribution in [3.05, 3.63) is 62.1 Å². The Morgan fingerprint density at radius 1 is 1.34 bits per heavy atom. The van der Waals surface area contributed by atoms with E-state index in [2.05, 4.69) is 20.0 Å². The van der Waals surface area contributed by atoms with Crippen LogP contribution in [0.3, 0.4) is 0 Å². The summed E-state index contributed by atoms with van der Waals surface area (Å²) in [5, 5.41) is 15.0. The van der Waals surface area contributed by atoms with Gasteiger partial charge in [-0.2, -0.15) is 0 Å². The molecule has 202 valence electrons. The van der Waals surface area contributed by atoms with Gasteiger partial charge in [0.2, 0.25) is 0 Å². The highest BCUT2D eigenvalue weighted by Crippen LogP contribution is 2.42. The van der Waals surface area contributed by atoms with Gasteiger partial charge >= 0.3 is 12.1 Å². The number of halogens is 4. The second-order valence-corrected chi connectivity index (χ2v) is 10.5. The number of carbonyl (C=O) groups is 2. The second-order valence-electron chi connectivity index (χ2n) is 9.24. The molecule has 1 aromatic heterocycles. The number of carboxylic acids is 1. The fourth-order valence-corrected chi connectivity index (χ4v) is 5.58. The van der Waals surface area contributed by atoms with E-state index >= 15 is 0 Å². The van der Waals surface area contributed by atoms with Crippen molar-refractivity contribution in [1.29, 1.82) is 0 Å². The van der Waals surface area contributed by atoms with Gasteiger partial charge in [-0.25, -0.2) is 27.9 Å². The second kappa shape index (κ2) is 10.2. The summed E-state index contributed by atoms with van der Waals surface area (Å²) in [4.78, 5) is 34.3. The van der Waals surface area contributed by atoms with E-state index in [0.29, 0.717) is 10.9 Å². The van der Waals surface area contributed by atoms with Gasteiger partial charge in [0.25, 0.3) is 5.92 Å². The van der Waals surface area contributed by atoms with E-state index in [0.717, 1.165) is 42.7 Å². The first-order chi connectivity index (χ1) is 18.0. The number of methoxy groups -OCH3 is 1. The molecule has 3 aliphatic rings. The molecule has 2 fully saturated rings. The Morgan fingerprint density at radius 2 is 2.11 bits per heavy atom. The summed E-state index contributed by atoms with van der Waals surface area (Å²) in [7, 11) is 1.09. The lowest BCUT2D eigenvalue weighted by molar-refractivity contribution is -0.142. The van der Waals surface area contributed by atoms with E-state index in [1.54, 1.807) is 0 Å². The summed E-state index contributed by atoms with van der Waals surface area (Å²) < 4.78 is 52.4. The predicted octanol–water partition coefficient (Wildman–Crippen LogP) is 4.69. The zero-order chi connectivity index (χ0) is 27.2. The van der Waals surface area contributed by atoms with E-state index < -0.39 is 48.9 Å². The van der Waals surface area contributed by atoms with E-state index in [9.17, 15) is 27.9 Å². The van der Waals surface area contributed by atoms with Crippen LogP contribution in [-0.4, -0.2) is 65.1 Å². The van der Waals surface area contributed by atoms with Crippen LogP contribution < -0.4 is 5.32 Å². The molecule has 0 unspecified atom stereocenters. The van der Waals surface area contributed by atoms with Gasteiger partial charge in [-0.1, -0.05) is 17.7 Å². The third kappa shape index (κ3) is 5.49. The van der Waals surface area contributed by atoms with Crippen molar-refractivity contribution in [3.8, 4) is 0 Å². The normalized spacial score (nSPS) is 23.1. The number of aliphatic carboxylic acids is 1. The number of aromatic nitrogens is 1. The fraction of sp³-hybridized carbons (Fsp3) is 0.417. The summed E-state index contributed by atoms with van der Waals surface area (Å²) in [5.74, 6) is -4.77. The van der Waals surface area contributed by atoms with Gasteiger partial charge in [0.15, 0.2) is 16.6 Å². The van der Waals surface area contributed by atoms with Gasteiger partial charge in [0.05, 0.1) is 25.0 Å². The Labute approximate surface area is 223 Å².